The van der Waals surface area contributed by atoms with Gasteiger partial charge in [0.2, 0.25) is 0 Å². The van der Waals surface area contributed by atoms with E-state index in [1.807, 2.05) is 0 Å². The molecule has 0 spiro atoms. The number of hydrogen-bond donors (Lipinski definition) is 1. The number of carbonyl (C=O) groups excluding carboxylic acids is 1. The normalized spacial score (nSPS) is 9.61. The predicted octanol–water partition coefficient (Wildman–Crippen LogP) is 0.340. The molecule has 1 heterocycles. The number of carboxylic acid groups (broad SMARTS) is 1. The van der Waals surface area contributed by atoms with Gasteiger partial charge in [0.15, 0.2) is 5.69 Å². The van der Waals surface area contributed by atoms with E-state index in [9.17, 15) is 9.59 Å². The van der Waals surface area contributed by atoms with Crippen LogP contribution in [-0.2, 0) is 9.53 Å². The molecule has 1 aromatic rings. The van der Waals surface area contributed by atoms with Crippen molar-refractivity contribution in [3.8, 4) is 0 Å². The number of aromatic nitrogens is 2. The Labute approximate surface area is 104 Å². The van der Waals surface area contributed by atoms with Gasteiger partial charge in [-0.3, -0.25) is 9.78 Å². The second-order valence-corrected chi connectivity index (χ2v) is 3.32. The monoisotopic (exact) mass is 251 g/mol. The van der Waals surface area contributed by atoms with Crippen molar-refractivity contribution >= 4 is 17.8 Å². The van der Waals surface area contributed by atoms with Crippen molar-refractivity contribution in [1.29, 1.82) is 0 Å². The van der Waals surface area contributed by atoms with Gasteiger partial charge in [-0.05, 0) is 0 Å². The highest BCUT2D eigenvalue weighted by Gasteiger charge is 2.14. The first-order valence-corrected chi connectivity index (χ1v) is 5.06. The van der Waals surface area contributed by atoms with Crippen molar-refractivity contribution in [1.82, 2.24) is 9.97 Å². The SMILES string of the molecule is C=CCN(CC(=O)O)c1cncc(C(=O)OC)n1. The molecule has 7 nitrogen and oxygen atoms in total. The van der Waals surface area contributed by atoms with Gasteiger partial charge in [-0.25, -0.2) is 9.78 Å². The molecule has 0 saturated carbocycles. The van der Waals surface area contributed by atoms with Gasteiger partial charge >= 0.3 is 11.9 Å². The molecule has 0 radical (unpaired) electrons. The highest BCUT2D eigenvalue weighted by atomic mass is 16.5. The summed E-state index contributed by atoms with van der Waals surface area (Å²) in [5.41, 5.74) is 0.0226. The van der Waals surface area contributed by atoms with E-state index in [2.05, 4.69) is 21.3 Å². The second-order valence-electron chi connectivity index (χ2n) is 3.32. The Morgan fingerprint density at radius 3 is 2.83 bits per heavy atom. The standard InChI is InChI=1S/C11H13N3O4/c1-3-4-14(7-10(15)16)9-6-12-5-8(13-9)11(17)18-2/h3,5-6H,1,4,7H2,2H3,(H,15,16). The zero-order chi connectivity index (χ0) is 13.5. The highest BCUT2D eigenvalue weighted by molar-refractivity contribution is 5.87. The molecule has 0 aliphatic heterocycles. The van der Waals surface area contributed by atoms with Crippen molar-refractivity contribution in [3.05, 3.63) is 30.7 Å². The van der Waals surface area contributed by atoms with Gasteiger partial charge in [0.1, 0.15) is 12.4 Å². The number of carboxylic acids is 1. The van der Waals surface area contributed by atoms with Crippen LogP contribution in [-0.4, -0.2) is 47.2 Å². The molecule has 96 valence electrons. The number of rotatable bonds is 6. The Morgan fingerprint density at radius 2 is 2.28 bits per heavy atom. The zero-order valence-corrected chi connectivity index (χ0v) is 9.87. The van der Waals surface area contributed by atoms with E-state index in [4.69, 9.17) is 5.11 Å². The van der Waals surface area contributed by atoms with Crippen molar-refractivity contribution in [2.24, 2.45) is 0 Å². The molecule has 0 bridgehead atoms. The van der Waals surface area contributed by atoms with Gasteiger partial charge in [0, 0.05) is 6.54 Å². The lowest BCUT2D eigenvalue weighted by atomic mass is 10.4. The second kappa shape index (κ2) is 6.33. The third kappa shape index (κ3) is 3.55. The van der Waals surface area contributed by atoms with Crippen LogP contribution in [0, 0.1) is 0 Å². The Hall–Kier alpha value is -2.44. The Bertz CT molecular complexity index is 461. The largest absolute Gasteiger partial charge is 0.480 e. The minimum absolute atomic E-state index is 0.0226. The summed E-state index contributed by atoms with van der Waals surface area (Å²) in [4.78, 5) is 31.3. The first-order valence-electron chi connectivity index (χ1n) is 5.06. The molecule has 1 aromatic heterocycles. The van der Waals surface area contributed by atoms with Crippen molar-refractivity contribution in [3.63, 3.8) is 0 Å². The van der Waals surface area contributed by atoms with Crippen LogP contribution in [0.3, 0.4) is 0 Å². The van der Waals surface area contributed by atoms with Crippen LogP contribution < -0.4 is 4.90 Å². The molecule has 0 aliphatic carbocycles. The molecule has 1 rings (SSSR count). The molecule has 7 heteroatoms. The molecule has 1 N–H and O–H groups in total. The first-order chi connectivity index (χ1) is 8.58. The molecular weight excluding hydrogens is 238 g/mol. The minimum Gasteiger partial charge on any atom is -0.480 e. The lowest BCUT2D eigenvalue weighted by Crippen LogP contribution is -2.31. The number of aliphatic carboxylic acids is 1. The fourth-order valence-corrected chi connectivity index (χ4v) is 1.27. The quantitative estimate of drug-likeness (QED) is 0.575. The third-order valence-corrected chi connectivity index (χ3v) is 2.02. The number of methoxy groups -OCH3 is 1. The maximum atomic E-state index is 11.3. The molecule has 0 saturated heterocycles. The predicted molar refractivity (Wildman–Crippen MR) is 63.4 cm³/mol. The molecule has 18 heavy (non-hydrogen) atoms. The van der Waals surface area contributed by atoms with Crippen molar-refractivity contribution in [2.75, 3.05) is 25.1 Å². The number of esters is 1. The summed E-state index contributed by atoms with van der Waals surface area (Å²) in [5.74, 6) is -1.36. The van der Waals surface area contributed by atoms with Gasteiger partial charge in [-0.15, -0.1) is 6.58 Å². The Morgan fingerprint density at radius 1 is 1.56 bits per heavy atom. The Kier molecular flexibility index (Phi) is 4.79. The van der Waals surface area contributed by atoms with Crippen molar-refractivity contribution < 1.29 is 19.4 Å². The van der Waals surface area contributed by atoms with E-state index >= 15 is 0 Å². The zero-order valence-electron chi connectivity index (χ0n) is 9.87. The van der Waals surface area contributed by atoms with E-state index in [0.717, 1.165) is 0 Å². The maximum Gasteiger partial charge on any atom is 0.358 e. The fourth-order valence-electron chi connectivity index (χ4n) is 1.27. The third-order valence-electron chi connectivity index (χ3n) is 2.02. The lowest BCUT2D eigenvalue weighted by molar-refractivity contribution is -0.135. The molecule has 0 fully saturated rings. The number of anilines is 1. The maximum absolute atomic E-state index is 11.3. The molecule has 0 amide bonds. The molecule has 0 aromatic carbocycles. The average molecular weight is 251 g/mol. The summed E-state index contributed by atoms with van der Waals surface area (Å²) >= 11 is 0. The number of hydrogen-bond acceptors (Lipinski definition) is 6. The summed E-state index contributed by atoms with van der Waals surface area (Å²) in [6.07, 6.45) is 4.16. The van der Waals surface area contributed by atoms with Gasteiger partial charge in [-0.2, -0.15) is 0 Å². The van der Waals surface area contributed by atoms with Crippen LogP contribution in [0.5, 0.6) is 0 Å². The van der Waals surface area contributed by atoms with E-state index in [1.165, 1.54) is 30.5 Å². The van der Waals surface area contributed by atoms with Crippen LogP contribution in [0.1, 0.15) is 10.5 Å². The van der Waals surface area contributed by atoms with Crippen LogP contribution in [0.15, 0.2) is 25.0 Å². The first kappa shape index (κ1) is 13.6. The summed E-state index contributed by atoms with van der Waals surface area (Å²) in [5, 5.41) is 8.78. The van der Waals surface area contributed by atoms with Crippen LogP contribution in [0.4, 0.5) is 5.82 Å². The van der Waals surface area contributed by atoms with E-state index in [-0.39, 0.29) is 24.6 Å². The van der Waals surface area contributed by atoms with Crippen LogP contribution in [0.2, 0.25) is 0 Å². The van der Waals surface area contributed by atoms with Gasteiger partial charge in [0.25, 0.3) is 0 Å². The molecular formula is C11H13N3O4. The minimum atomic E-state index is -1.01. The average Bonchev–Trinajstić information content (AvgIpc) is 2.37. The number of ether oxygens (including phenoxy) is 1. The van der Waals surface area contributed by atoms with Gasteiger partial charge in [0.05, 0.1) is 19.5 Å². The number of carbonyl (C=O) groups is 2. The van der Waals surface area contributed by atoms with Gasteiger partial charge in [-0.1, -0.05) is 6.08 Å². The van der Waals surface area contributed by atoms with Crippen molar-refractivity contribution in [2.45, 2.75) is 0 Å². The highest BCUT2D eigenvalue weighted by Crippen LogP contribution is 2.10. The van der Waals surface area contributed by atoms with Crippen LogP contribution >= 0.6 is 0 Å². The lowest BCUT2D eigenvalue weighted by Gasteiger charge is -2.19. The van der Waals surface area contributed by atoms with E-state index < -0.39 is 11.9 Å². The summed E-state index contributed by atoms with van der Waals surface area (Å²) < 4.78 is 4.52. The summed E-state index contributed by atoms with van der Waals surface area (Å²) in [6, 6.07) is 0. The fraction of sp³-hybridized carbons (Fsp3) is 0.273. The summed E-state index contributed by atoms with van der Waals surface area (Å²) in [6.45, 7) is 3.56. The molecule has 0 atom stereocenters. The molecule has 0 unspecified atom stereocenters. The van der Waals surface area contributed by atoms with E-state index in [1.54, 1.807) is 0 Å². The number of nitrogens with zero attached hydrogens (tertiary/aromatic N) is 3. The topological polar surface area (TPSA) is 92.6 Å². The van der Waals surface area contributed by atoms with Gasteiger partial charge < -0.3 is 14.7 Å². The van der Waals surface area contributed by atoms with E-state index in [0.29, 0.717) is 0 Å². The smallest absolute Gasteiger partial charge is 0.358 e. The summed E-state index contributed by atoms with van der Waals surface area (Å²) in [7, 11) is 1.23. The molecule has 0 aliphatic rings. The Balaban J connectivity index is 3.00. The van der Waals surface area contributed by atoms with Crippen LogP contribution in [0.25, 0.3) is 0 Å².